The lowest BCUT2D eigenvalue weighted by atomic mass is 9.96. The molecular formula is C25H35N3O4. The largest absolute Gasteiger partial charge is 0.491 e. The van der Waals surface area contributed by atoms with Crippen LogP contribution in [0.25, 0.3) is 0 Å². The fourth-order valence-corrected chi connectivity index (χ4v) is 3.88. The van der Waals surface area contributed by atoms with Crippen LogP contribution in [-0.2, 0) is 6.42 Å². The molecule has 1 fully saturated rings. The van der Waals surface area contributed by atoms with Gasteiger partial charge in [0.1, 0.15) is 18.5 Å². The summed E-state index contributed by atoms with van der Waals surface area (Å²) in [6.07, 6.45) is 5.64. The van der Waals surface area contributed by atoms with Crippen LogP contribution >= 0.6 is 0 Å². The summed E-state index contributed by atoms with van der Waals surface area (Å²) in [6.45, 7) is 0.452. The fraction of sp³-hybridized carbons (Fsp3) is 0.480. The number of nitrogens with one attached hydrogen (secondary N) is 3. The third kappa shape index (κ3) is 8.49. The number of hydrogen-bond acceptors (Lipinski definition) is 5. The van der Waals surface area contributed by atoms with Gasteiger partial charge in [-0.1, -0.05) is 49.6 Å². The van der Waals surface area contributed by atoms with Crippen molar-refractivity contribution in [2.45, 2.75) is 56.7 Å². The minimum Gasteiger partial charge on any atom is -0.491 e. The quantitative estimate of drug-likeness (QED) is 0.369. The summed E-state index contributed by atoms with van der Waals surface area (Å²) in [5.74, 6) is 0.714. The number of amides is 2. The third-order valence-electron chi connectivity index (χ3n) is 5.68. The first-order chi connectivity index (χ1) is 15.6. The molecule has 0 aromatic heterocycles. The van der Waals surface area contributed by atoms with Gasteiger partial charge in [-0.3, -0.25) is 0 Å². The minimum atomic E-state index is -0.682. The number of aliphatic hydroxyl groups excluding tert-OH is 2. The Morgan fingerprint density at radius 2 is 1.75 bits per heavy atom. The summed E-state index contributed by atoms with van der Waals surface area (Å²) in [5.41, 5.74) is 1.77. The molecule has 1 aliphatic rings. The van der Waals surface area contributed by atoms with Crippen molar-refractivity contribution >= 4 is 11.7 Å². The highest BCUT2D eigenvalue weighted by molar-refractivity contribution is 5.89. The van der Waals surface area contributed by atoms with E-state index in [9.17, 15) is 15.0 Å². The van der Waals surface area contributed by atoms with Gasteiger partial charge in [0, 0.05) is 24.3 Å². The molecule has 0 saturated heterocycles. The lowest BCUT2D eigenvalue weighted by molar-refractivity contribution is 0.0997. The highest BCUT2D eigenvalue weighted by Crippen LogP contribution is 2.18. The zero-order valence-electron chi connectivity index (χ0n) is 18.5. The molecule has 7 heteroatoms. The van der Waals surface area contributed by atoms with Gasteiger partial charge < -0.3 is 30.9 Å². The van der Waals surface area contributed by atoms with Gasteiger partial charge in [-0.05, 0) is 49.1 Å². The maximum absolute atomic E-state index is 12.2. The van der Waals surface area contributed by atoms with Crippen LogP contribution in [0.5, 0.6) is 5.75 Å². The first kappa shape index (κ1) is 24.0. The van der Waals surface area contributed by atoms with Crippen LogP contribution in [-0.4, -0.2) is 54.2 Å². The second-order valence-corrected chi connectivity index (χ2v) is 8.40. The van der Waals surface area contributed by atoms with Crippen molar-refractivity contribution in [1.82, 2.24) is 10.6 Å². The SMILES string of the molecule is O=C(Nc1ccc(C[C@@H](CO)NC[C@H](O)COc2ccccc2)cc1)NC1CCCCC1. The van der Waals surface area contributed by atoms with E-state index >= 15 is 0 Å². The van der Waals surface area contributed by atoms with E-state index in [1.807, 2.05) is 54.6 Å². The number of aliphatic hydroxyl groups is 2. The number of rotatable bonds is 11. The minimum absolute atomic E-state index is 0.0456. The molecule has 174 valence electrons. The molecule has 5 N–H and O–H groups in total. The summed E-state index contributed by atoms with van der Waals surface area (Å²) < 4.78 is 5.55. The van der Waals surface area contributed by atoms with Gasteiger partial charge in [0.05, 0.1) is 6.61 Å². The zero-order valence-corrected chi connectivity index (χ0v) is 18.5. The highest BCUT2D eigenvalue weighted by atomic mass is 16.5. The predicted octanol–water partition coefficient (Wildman–Crippen LogP) is 3.07. The van der Waals surface area contributed by atoms with Crippen molar-refractivity contribution in [3.05, 3.63) is 60.2 Å². The van der Waals surface area contributed by atoms with E-state index in [1.54, 1.807) is 0 Å². The molecule has 0 spiro atoms. The number of carbonyl (C=O) groups excluding carboxylic acids is 1. The first-order valence-corrected chi connectivity index (χ1v) is 11.5. The average molecular weight is 442 g/mol. The maximum Gasteiger partial charge on any atom is 0.319 e. The normalized spacial score (nSPS) is 16.2. The Morgan fingerprint density at radius 1 is 1.03 bits per heavy atom. The van der Waals surface area contributed by atoms with Gasteiger partial charge in [-0.2, -0.15) is 0 Å². The molecule has 2 atom stereocenters. The first-order valence-electron chi connectivity index (χ1n) is 11.5. The number of hydrogen-bond donors (Lipinski definition) is 5. The van der Waals surface area contributed by atoms with Gasteiger partial charge in [-0.25, -0.2) is 4.79 Å². The number of urea groups is 1. The molecule has 2 aromatic carbocycles. The molecule has 0 bridgehead atoms. The van der Waals surface area contributed by atoms with Crippen LogP contribution in [0.4, 0.5) is 10.5 Å². The van der Waals surface area contributed by atoms with Crippen LogP contribution < -0.4 is 20.7 Å². The Hall–Kier alpha value is -2.61. The number of anilines is 1. The molecule has 1 saturated carbocycles. The Balaban J connectivity index is 1.38. The van der Waals surface area contributed by atoms with Crippen LogP contribution in [0.1, 0.15) is 37.7 Å². The Kier molecular flexibility index (Phi) is 9.81. The molecular weight excluding hydrogens is 406 g/mol. The second-order valence-electron chi connectivity index (χ2n) is 8.40. The number of carbonyl (C=O) groups is 1. The number of ether oxygens (including phenoxy) is 1. The summed E-state index contributed by atoms with van der Waals surface area (Å²) in [4.78, 5) is 12.2. The molecule has 0 radical (unpaired) electrons. The predicted molar refractivity (Wildman–Crippen MR) is 126 cm³/mol. The molecule has 0 aliphatic heterocycles. The fourth-order valence-electron chi connectivity index (χ4n) is 3.88. The molecule has 0 heterocycles. The smallest absolute Gasteiger partial charge is 0.319 e. The van der Waals surface area contributed by atoms with Crippen molar-refractivity contribution in [3.63, 3.8) is 0 Å². The average Bonchev–Trinajstić information content (AvgIpc) is 2.82. The van der Waals surface area contributed by atoms with Crippen molar-refractivity contribution in [3.8, 4) is 5.75 Å². The summed E-state index contributed by atoms with van der Waals surface area (Å²) >= 11 is 0. The van der Waals surface area contributed by atoms with Gasteiger partial charge >= 0.3 is 6.03 Å². The molecule has 32 heavy (non-hydrogen) atoms. The standard InChI is InChI=1S/C25H35N3O4/c29-17-22(26-16-23(30)18-32-24-9-5-2-6-10-24)15-19-11-13-21(14-12-19)28-25(31)27-20-7-3-1-4-8-20/h2,5-6,9-14,20,22-23,26,29-30H,1,3-4,7-8,15-18H2,(H2,27,28,31)/t22-,23-/m0/s1. The summed E-state index contributed by atoms with van der Waals surface area (Å²) in [7, 11) is 0. The molecule has 1 aliphatic carbocycles. The maximum atomic E-state index is 12.2. The van der Waals surface area contributed by atoms with Gasteiger partial charge in [0.2, 0.25) is 0 Å². The van der Waals surface area contributed by atoms with E-state index in [0.717, 1.165) is 24.1 Å². The van der Waals surface area contributed by atoms with Crippen LogP contribution in [0, 0.1) is 0 Å². The van der Waals surface area contributed by atoms with Crippen molar-refractivity contribution in [2.24, 2.45) is 0 Å². The Morgan fingerprint density at radius 3 is 2.44 bits per heavy atom. The highest BCUT2D eigenvalue weighted by Gasteiger charge is 2.16. The van der Waals surface area contributed by atoms with E-state index in [4.69, 9.17) is 4.74 Å². The molecule has 2 amide bonds. The molecule has 0 unspecified atom stereocenters. The Bertz CT molecular complexity index is 795. The summed E-state index contributed by atoms with van der Waals surface area (Å²) in [5, 5.41) is 29.0. The van der Waals surface area contributed by atoms with Crippen LogP contribution in [0.2, 0.25) is 0 Å². The van der Waals surface area contributed by atoms with E-state index in [-0.39, 0.29) is 31.3 Å². The van der Waals surface area contributed by atoms with E-state index in [0.29, 0.717) is 18.7 Å². The second kappa shape index (κ2) is 13.1. The van der Waals surface area contributed by atoms with Crippen molar-refractivity contribution in [1.29, 1.82) is 0 Å². The van der Waals surface area contributed by atoms with Crippen molar-refractivity contribution in [2.75, 3.05) is 25.1 Å². The van der Waals surface area contributed by atoms with Gasteiger partial charge in [-0.15, -0.1) is 0 Å². The van der Waals surface area contributed by atoms with E-state index in [1.165, 1.54) is 19.3 Å². The van der Waals surface area contributed by atoms with Crippen LogP contribution in [0.15, 0.2) is 54.6 Å². The third-order valence-corrected chi connectivity index (χ3v) is 5.68. The zero-order chi connectivity index (χ0) is 22.6. The Labute approximate surface area is 190 Å². The van der Waals surface area contributed by atoms with Crippen LogP contribution in [0.3, 0.4) is 0 Å². The molecule has 7 nitrogen and oxygen atoms in total. The number of benzene rings is 2. The van der Waals surface area contributed by atoms with Crippen molar-refractivity contribution < 1.29 is 19.7 Å². The molecule has 2 aromatic rings. The summed E-state index contributed by atoms with van der Waals surface area (Å²) in [6, 6.07) is 16.9. The molecule has 3 rings (SSSR count). The van der Waals surface area contributed by atoms with Gasteiger partial charge in [0.25, 0.3) is 0 Å². The lowest BCUT2D eigenvalue weighted by Gasteiger charge is -2.23. The lowest BCUT2D eigenvalue weighted by Crippen LogP contribution is -2.41. The topological polar surface area (TPSA) is 103 Å². The van der Waals surface area contributed by atoms with E-state index < -0.39 is 6.10 Å². The van der Waals surface area contributed by atoms with E-state index in [2.05, 4.69) is 16.0 Å². The monoisotopic (exact) mass is 441 g/mol. The van der Waals surface area contributed by atoms with Gasteiger partial charge in [0.15, 0.2) is 0 Å². The number of para-hydroxylation sites is 1.